The lowest BCUT2D eigenvalue weighted by Gasteiger charge is -2.09. The second-order valence-corrected chi connectivity index (χ2v) is 4.67. The van der Waals surface area contributed by atoms with Gasteiger partial charge < -0.3 is 10.5 Å². The molecule has 2 aromatic rings. The zero-order chi connectivity index (χ0) is 13.1. The summed E-state index contributed by atoms with van der Waals surface area (Å²) in [5, 5.41) is 1.27. The van der Waals surface area contributed by atoms with Crippen LogP contribution in [0.4, 0.5) is 0 Å². The van der Waals surface area contributed by atoms with Crippen LogP contribution in [0.15, 0.2) is 36.4 Å². The molecule has 0 aliphatic rings. The quantitative estimate of drug-likeness (QED) is 0.918. The van der Waals surface area contributed by atoms with Gasteiger partial charge in [-0.2, -0.15) is 0 Å². The molecule has 0 radical (unpaired) electrons. The summed E-state index contributed by atoms with van der Waals surface area (Å²) in [6.45, 7) is 0.414. The predicted molar refractivity (Wildman–Crippen MR) is 76.3 cm³/mol. The lowest BCUT2D eigenvalue weighted by Crippen LogP contribution is -1.97. The molecular weight excluding hydrogens is 269 g/mol. The maximum Gasteiger partial charge on any atom is 0.138 e. The van der Waals surface area contributed by atoms with E-state index in [1.54, 1.807) is 7.11 Å². The van der Waals surface area contributed by atoms with Gasteiger partial charge in [0.2, 0.25) is 0 Å². The third-order valence-corrected chi connectivity index (χ3v) is 3.43. The van der Waals surface area contributed by atoms with Crippen LogP contribution in [-0.2, 0) is 6.54 Å². The smallest absolute Gasteiger partial charge is 0.138 e. The van der Waals surface area contributed by atoms with Crippen LogP contribution in [0.3, 0.4) is 0 Å². The van der Waals surface area contributed by atoms with E-state index in [4.69, 9.17) is 33.7 Å². The van der Waals surface area contributed by atoms with Gasteiger partial charge in [-0.3, -0.25) is 0 Å². The first-order valence-electron chi connectivity index (χ1n) is 5.48. The van der Waals surface area contributed by atoms with Crippen LogP contribution in [0.1, 0.15) is 5.56 Å². The van der Waals surface area contributed by atoms with Gasteiger partial charge in [-0.15, -0.1) is 0 Å². The molecule has 0 aliphatic carbocycles. The highest BCUT2D eigenvalue weighted by Gasteiger charge is 2.06. The third kappa shape index (κ3) is 2.61. The minimum Gasteiger partial charge on any atom is -0.495 e. The molecule has 0 unspecified atom stereocenters. The summed E-state index contributed by atoms with van der Waals surface area (Å²) in [4.78, 5) is 0. The Kier molecular flexibility index (Phi) is 4.12. The summed E-state index contributed by atoms with van der Waals surface area (Å²) in [5.74, 6) is 0.651. The van der Waals surface area contributed by atoms with E-state index in [-0.39, 0.29) is 0 Å². The molecule has 2 aromatic carbocycles. The molecule has 0 bridgehead atoms. The maximum atomic E-state index is 6.04. The molecule has 0 aromatic heterocycles. The Hall–Kier alpha value is -1.22. The van der Waals surface area contributed by atoms with Crippen molar-refractivity contribution in [3.05, 3.63) is 52.0 Å². The number of benzene rings is 2. The van der Waals surface area contributed by atoms with E-state index in [1.807, 2.05) is 36.4 Å². The highest BCUT2D eigenvalue weighted by Crippen LogP contribution is 2.31. The lowest BCUT2D eigenvalue weighted by atomic mass is 10.0. The zero-order valence-corrected chi connectivity index (χ0v) is 11.4. The minimum absolute atomic E-state index is 0.414. The number of hydrogen-bond acceptors (Lipinski definition) is 2. The minimum atomic E-state index is 0.414. The number of rotatable bonds is 3. The third-order valence-electron chi connectivity index (χ3n) is 2.75. The van der Waals surface area contributed by atoms with Crippen molar-refractivity contribution >= 4 is 23.2 Å². The molecule has 18 heavy (non-hydrogen) atoms. The van der Waals surface area contributed by atoms with E-state index in [2.05, 4.69) is 0 Å². The van der Waals surface area contributed by atoms with Crippen molar-refractivity contribution in [2.75, 3.05) is 7.11 Å². The van der Waals surface area contributed by atoms with Gasteiger partial charge in [-0.1, -0.05) is 35.3 Å². The van der Waals surface area contributed by atoms with Crippen LogP contribution in [0.5, 0.6) is 5.75 Å². The van der Waals surface area contributed by atoms with Gasteiger partial charge in [-0.25, -0.2) is 0 Å². The van der Waals surface area contributed by atoms with E-state index in [0.29, 0.717) is 22.3 Å². The highest BCUT2D eigenvalue weighted by atomic mass is 35.5. The van der Waals surface area contributed by atoms with Crippen molar-refractivity contribution in [2.45, 2.75) is 6.54 Å². The standard InChI is InChI=1S/C14H13Cl2NO/c1-18-14-7-10(3-5-13(14)16)9-2-4-12(15)11(6-9)8-17/h2-7H,8,17H2,1H3. The van der Waals surface area contributed by atoms with E-state index in [1.165, 1.54) is 0 Å². The van der Waals surface area contributed by atoms with Gasteiger partial charge in [0.15, 0.2) is 0 Å². The van der Waals surface area contributed by atoms with Crippen LogP contribution >= 0.6 is 23.2 Å². The molecule has 0 amide bonds. The molecule has 94 valence electrons. The van der Waals surface area contributed by atoms with Gasteiger partial charge in [0, 0.05) is 11.6 Å². The number of methoxy groups -OCH3 is 1. The topological polar surface area (TPSA) is 35.2 Å². The monoisotopic (exact) mass is 281 g/mol. The van der Waals surface area contributed by atoms with Gasteiger partial charge in [0.25, 0.3) is 0 Å². The first-order chi connectivity index (χ1) is 8.65. The Labute approximate surface area is 116 Å². The molecule has 0 heterocycles. The van der Waals surface area contributed by atoms with Crippen molar-refractivity contribution in [3.63, 3.8) is 0 Å². The van der Waals surface area contributed by atoms with Gasteiger partial charge >= 0.3 is 0 Å². The summed E-state index contributed by atoms with van der Waals surface area (Å²) in [7, 11) is 1.60. The molecule has 0 saturated carbocycles. The molecule has 0 atom stereocenters. The van der Waals surface area contributed by atoms with Crippen molar-refractivity contribution in [1.29, 1.82) is 0 Å². The maximum absolute atomic E-state index is 6.04. The molecule has 2 nitrogen and oxygen atoms in total. The highest BCUT2D eigenvalue weighted by molar-refractivity contribution is 6.32. The Morgan fingerprint density at radius 1 is 1.00 bits per heavy atom. The first kappa shape index (κ1) is 13.2. The summed E-state index contributed by atoms with van der Waals surface area (Å²) in [5.41, 5.74) is 8.62. The average molecular weight is 282 g/mol. The van der Waals surface area contributed by atoms with Crippen molar-refractivity contribution in [1.82, 2.24) is 0 Å². The summed E-state index contributed by atoms with van der Waals surface area (Å²) < 4.78 is 5.20. The Morgan fingerprint density at radius 2 is 1.61 bits per heavy atom. The summed E-state index contributed by atoms with van der Waals surface area (Å²) in [6.07, 6.45) is 0. The Bertz CT molecular complexity index is 518. The zero-order valence-electron chi connectivity index (χ0n) is 9.91. The second kappa shape index (κ2) is 5.61. The Morgan fingerprint density at radius 3 is 2.22 bits per heavy atom. The predicted octanol–water partition coefficient (Wildman–Crippen LogP) is 4.13. The molecular formula is C14H13Cl2NO. The van der Waals surface area contributed by atoms with Crippen LogP contribution in [0, 0.1) is 0 Å². The molecule has 0 aliphatic heterocycles. The second-order valence-electron chi connectivity index (χ2n) is 3.86. The first-order valence-corrected chi connectivity index (χ1v) is 6.23. The van der Waals surface area contributed by atoms with E-state index in [0.717, 1.165) is 16.7 Å². The summed E-state index contributed by atoms with van der Waals surface area (Å²) in [6, 6.07) is 11.4. The average Bonchev–Trinajstić information content (AvgIpc) is 2.40. The van der Waals surface area contributed by atoms with E-state index in [9.17, 15) is 0 Å². The van der Waals surface area contributed by atoms with Gasteiger partial charge in [0.1, 0.15) is 5.75 Å². The normalized spacial score (nSPS) is 10.4. The molecule has 4 heteroatoms. The molecule has 0 fully saturated rings. The van der Waals surface area contributed by atoms with Crippen molar-refractivity contribution in [3.8, 4) is 16.9 Å². The number of ether oxygens (including phenoxy) is 1. The van der Waals surface area contributed by atoms with Crippen LogP contribution < -0.4 is 10.5 Å². The Balaban J connectivity index is 2.48. The number of nitrogens with two attached hydrogens (primary N) is 1. The molecule has 2 N–H and O–H groups in total. The van der Waals surface area contributed by atoms with Crippen molar-refractivity contribution < 1.29 is 4.74 Å². The fourth-order valence-electron chi connectivity index (χ4n) is 1.75. The van der Waals surface area contributed by atoms with Crippen molar-refractivity contribution in [2.24, 2.45) is 5.73 Å². The van der Waals surface area contributed by atoms with Crippen LogP contribution in [-0.4, -0.2) is 7.11 Å². The van der Waals surface area contributed by atoms with E-state index >= 15 is 0 Å². The number of hydrogen-bond donors (Lipinski definition) is 1. The molecule has 0 saturated heterocycles. The lowest BCUT2D eigenvalue weighted by molar-refractivity contribution is 0.415. The summed E-state index contributed by atoms with van der Waals surface area (Å²) >= 11 is 12.0. The largest absolute Gasteiger partial charge is 0.495 e. The SMILES string of the molecule is COc1cc(-c2ccc(Cl)c(CN)c2)ccc1Cl. The van der Waals surface area contributed by atoms with Gasteiger partial charge in [-0.05, 0) is 41.0 Å². The fourth-order valence-corrected chi connectivity index (χ4v) is 2.14. The van der Waals surface area contributed by atoms with E-state index < -0.39 is 0 Å². The van der Waals surface area contributed by atoms with Gasteiger partial charge in [0.05, 0.1) is 12.1 Å². The molecule has 2 rings (SSSR count). The van der Waals surface area contributed by atoms with Crippen LogP contribution in [0.25, 0.3) is 11.1 Å². The van der Waals surface area contributed by atoms with Crippen LogP contribution in [0.2, 0.25) is 10.0 Å². The number of halogens is 2. The molecule has 0 spiro atoms. The fraction of sp³-hybridized carbons (Fsp3) is 0.143.